The van der Waals surface area contributed by atoms with Gasteiger partial charge in [0.1, 0.15) is 11.4 Å². The molecule has 3 heterocycles. The molecule has 2 aromatic heterocycles. The number of amides is 2. The molecule has 7 nitrogen and oxygen atoms in total. The minimum absolute atomic E-state index is 0.0473. The Kier molecular flexibility index (Phi) is 4.75. The minimum atomic E-state index is -0.369. The number of likely N-dealkylation sites (tertiary alicyclic amines) is 1. The third-order valence-corrected chi connectivity index (χ3v) is 6.93. The molecule has 0 radical (unpaired) electrons. The Morgan fingerprint density at radius 1 is 1.37 bits per heavy atom. The summed E-state index contributed by atoms with van der Waals surface area (Å²) in [7, 11) is 0. The van der Waals surface area contributed by atoms with Gasteiger partial charge in [0.2, 0.25) is 11.8 Å². The van der Waals surface area contributed by atoms with E-state index in [0.29, 0.717) is 30.8 Å². The van der Waals surface area contributed by atoms with Gasteiger partial charge in [0.15, 0.2) is 0 Å². The summed E-state index contributed by atoms with van der Waals surface area (Å²) in [6.45, 7) is 3.12. The maximum absolute atomic E-state index is 13.0. The molecule has 2 aliphatic rings. The molecule has 0 spiro atoms. The van der Waals surface area contributed by atoms with Gasteiger partial charge >= 0.3 is 0 Å². The van der Waals surface area contributed by atoms with Gasteiger partial charge in [-0.2, -0.15) is 0 Å². The average molecular weight is 388 g/mol. The molecule has 144 valence electrons. The fourth-order valence-electron chi connectivity index (χ4n) is 4.16. The fourth-order valence-corrected chi connectivity index (χ4v) is 5.50. The predicted molar refractivity (Wildman–Crippen MR) is 104 cm³/mol. The van der Waals surface area contributed by atoms with Crippen LogP contribution in [0.5, 0.6) is 0 Å². The molecule has 8 heteroatoms. The Morgan fingerprint density at radius 3 is 2.96 bits per heavy atom. The van der Waals surface area contributed by atoms with Gasteiger partial charge in [0.05, 0.1) is 17.6 Å². The van der Waals surface area contributed by atoms with E-state index in [0.717, 1.165) is 36.1 Å². The number of primary amides is 1. The van der Waals surface area contributed by atoms with Crippen LogP contribution in [0.2, 0.25) is 0 Å². The second-order valence-electron chi connectivity index (χ2n) is 7.79. The lowest BCUT2D eigenvalue weighted by atomic mass is 9.89. The molecule has 0 unspecified atom stereocenters. The molecule has 1 saturated heterocycles. The molecule has 27 heavy (non-hydrogen) atoms. The Balaban J connectivity index is 1.59. The van der Waals surface area contributed by atoms with E-state index in [2.05, 4.69) is 11.9 Å². The molecule has 0 aromatic carbocycles. The van der Waals surface area contributed by atoms with E-state index in [1.54, 1.807) is 16.2 Å². The van der Waals surface area contributed by atoms with Crippen molar-refractivity contribution in [3.05, 3.63) is 27.1 Å². The van der Waals surface area contributed by atoms with Crippen molar-refractivity contribution in [1.82, 2.24) is 14.5 Å². The van der Waals surface area contributed by atoms with E-state index >= 15 is 0 Å². The Morgan fingerprint density at radius 2 is 2.19 bits per heavy atom. The number of nitrogens with zero attached hydrogens (tertiary/aromatic N) is 3. The van der Waals surface area contributed by atoms with Crippen LogP contribution in [0.4, 0.5) is 0 Å². The second-order valence-corrected chi connectivity index (χ2v) is 8.87. The Hall–Kier alpha value is -2.22. The number of piperidine rings is 1. The zero-order chi connectivity index (χ0) is 19.1. The van der Waals surface area contributed by atoms with Crippen molar-refractivity contribution in [2.24, 2.45) is 17.6 Å². The first-order chi connectivity index (χ1) is 12.9. The lowest BCUT2D eigenvalue weighted by Crippen LogP contribution is -2.46. The smallest absolute Gasteiger partial charge is 0.262 e. The highest BCUT2D eigenvalue weighted by Crippen LogP contribution is 2.35. The predicted octanol–water partition coefficient (Wildman–Crippen LogP) is 1.31. The Labute approximate surface area is 161 Å². The standard InChI is InChI=1S/C19H24N4O3S/c1-11-4-5-13-14(7-11)27-18-16(13)19(26)23(10-21-18)9-15(24)22-6-2-3-12(8-22)17(20)25/h10-12H,2-9H2,1H3,(H2,20,25)/t11-,12+/m1/s1. The van der Waals surface area contributed by atoms with Gasteiger partial charge in [-0.15, -0.1) is 11.3 Å². The monoisotopic (exact) mass is 388 g/mol. The molecule has 1 aliphatic heterocycles. The van der Waals surface area contributed by atoms with Crippen LogP contribution in [-0.4, -0.2) is 39.4 Å². The third kappa shape index (κ3) is 3.38. The molecule has 2 atom stereocenters. The van der Waals surface area contributed by atoms with Crippen LogP contribution in [0, 0.1) is 11.8 Å². The van der Waals surface area contributed by atoms with Crippen LogP contribution < -0.4 is 11.3 Å². The zero-order valence-electron chi connectivity index (χ0n) is 15.4. The van der Waals surface area contributed by atoms with E-state index in [9.17, 15) is 14.4 Å². The number of carbonyl (C=O) groups excluding carboxylic acids is 2. The summed E-state index contributed by atoms with van der Waals surface area (Å²) in [5.74, 6) is -0.202. The number of carbonyl (C=O) groups is 2. The molecule has 2 amide bonds. The molecule has 1 fully saturated rings. The lowest BCUT2D eigenvalue weighted by Gasteiger charge is -2.31. The van der Waals surface area contributed by atoms with E-state index in [1.165, 1.54) is 15.8 Å². The van der Waals surface area contributed by atoms with Gasteiger partial charge in [0, 0.05) is 18.0 Å². The average Bonchev–Trinajstić information content (AvgIpc) is 3.02. The number of aryl methyl sites for hydroxylation is 1. The number of nitrogens with two attached hydrogens (primary N) is 1. The van der Waals surface area contributed by atoms with Crippen LogP contribution in [0.25, 0.3) is 10.2 Å². The van der Waals surface area contributed by atoms with Gasteiger partial charge in [-0.1, -0.05) is 6.92 Å². The van der Waals surface area contributed by atoms with Crippen LogP contribution in [0.3, 0.4) is 0 Å². The first-order valence-electron chi connectivity index (χ1n) is 9.50. The van der Waals surface area contributed by atoms with E-state index in [-0.39, 0.29) is 29.8 Å². The molecular weight excluding hydrogens is 364 g/mol. The summed E-state index contributed by atoms with van der Waals surface area (Å²) >= 11 is 1.61. The van der Waals surface area contributed by atoms with Gasteiger partial charge in [0.25, 0.3) is 5.56 Å². The van der Waals surface area contributed by atoms with Crippen molar-refractivity contribution < 1.29 is 9.59 Å². The van der Waals surface area contributed by atoms with E-state index in [1.807, 2.05) is 0 Å². The first-order valence-corrected chi connectivity index (χ1v) is 10.3. The number of hydrogen-bond acceptors (Lipinski definition) is 5. The normalized spacial score (nSPS) is 22.6. The molecule has 4 rings (SSSR count). The van der Waals surface area contributed by atoms with Crippen molar-refractivity contribution in [3.8, 4) is 0 Å². The topological polar surface area (TPSA) is 98.3 Å². The zero-order valence-corrected chi connectivity index (χ0v) is 16.3. The lowest BCUT2D eigenvalue weighted by molar-refractivity contribution is -0.135. The quantitative estimate of drug-likeness (QED) is 0.857. The van der Waals surface area contributed by atoms with Crippen molar-refractivity contribution in [2.75, 3.05) is 13.1 Å². The summed E-state index contributed by atoms with van der Waals surface area (Å²) in [6, 6.07) is 0. The maximum Gasteiger partial charge on any atom is 0.262 e. The number of aromatic nitrogens is 2. The van der Waals surface area contributed by atoms with Gasteiger partial charge in [-0.25, -0.2) is 4.98 Å². The number of thiophene rings is 1. The minimum Gasteiger partial charge on any atom is -0.369 e. The van der Waals surface area contributed by atoms with Crippen LogP contribution in [0.15, 0.2) is 11.1 Å². The fraction of sp³-hybridized carbons (Fsp3) is 0.579. The van der Waals surface area contributed by atoms with Gasteiger partial charge in [-0.3, -0.25) is 19.0 Å². The van der Waals surface area contributed by atoms with Crippen LogP contribution >= 0.6 is 11.3 Å². The molecule has 2 aromatic rings. The van der Waals surface area contributed by atoms with E-state index < -0.39 is 0 Å². The Bertz CT molecular complexity index is 964. The van der Waals surface area contributed by atoms with Crippen LogP contribution in [0.1, 0.15) is 36.6 Å². The molecule has 1 aliphatic carbocycles. The summed E-state index contributed by atoms with van der Waals surface area (Å²) in [6.07, 6.45) is 5.92. The first kappa shape index (κ1) is 18.2. The van der Waals surface area contributed by atoms with E-state index in [4.69, 9.17) is 5.73 Å². The van der Waals surface area contributed by atoms with Crippen molar-refractivity contribution in [2.45, 2.75) is 45.6 Å². The summed E-state index contributed by atoms with van der Waals surface area (Å²) < 4.78 is 1.41. The van der Waals surface area contributed by atoms with Crippen molar-refractivity contribution in [1.29, 1.82) is 0 Å². The summed E-state index contributed by atoms with van der Waals surface area (Å²) in [4.78, 5) is 45.3. The largest absolute Gasteiger partial charge is 0.369 e. The highest BCUT2D eigenvalue weighted by atomic mass is 32.1. The SMILES string of the molecule is C[C@@H]1CCc2c(sc3ncn(CC(=O)N4CCC[C@H](C(N)=O)C4)c(=O)c23)C1. The van der Waals surface area contributed by atoms with Gasteiger partial charge < -0.3 is 10.6 Å². The number of hydrogen-bond donors (Lipinski definition) is 1. The highest BCUT2D eigenvalue weighted by molar-refractivity contribution is 7.18. The molecular formula is C19H24N4O3S. The highest BCUT2D eigenvalue weighted by Gasteiger charge is 2.28. The summed E-state index contributed by atoms with van der Waals surface area (Å²) in [5, 5.41) is 0.686. The number of rotatable bonds is 3. The maximum atomic E-state index is 13.0. The van der Waals surface area contributed by atoms with Crippen LogP contribution in [-0.2, 0) is 29.0 Å². The molecule has 2 N–H and O–H groups in total. The second kappa shape index (κ2) is 7.07. The third-order valence-electron chi connectivity index (χ3n) is 5.76. The molecule has 0 bridgehead atoms. The van der Waals surface area contributed by atoms with Crippen molar-refractivity contribution in [3.63, 3.8) is 0 Å². The molecule has 0 saturated carbocycles. The van der Waals surface area contributed by atoms with Crippen molar-refractivity contribution >= 4 is 33.4 Å². The van der Waals surface area contributed by atoms with Gasteiger partial charge in [-0.05, 0) is 43.6 Å². The number of fused-ring (bicyclic) bond motifs is 3. The summed E-state index contributed by atoms with van der Waals surface area (Å²) in [5.41, 5.74) is 6.38.